The second-order valence-electron chi connectivity index (χ2n) is 6.07. The molecule has 0 bridgehead atoms. The Morgan fingerprint density at radius 1 is 1.13 bits per heavy atom. The van der Waals surface area contributed by atoms with Crippen molar-refractivity contribution in [3.8, 4) is 11.5 Å². The van der Waals surface area contributed by atoms with E-state index >= 15 is 0 Å². The van der Waals surface area contributed by atoms with Crippen molar-refractivity contribution in [2.45, 2.75) is 25.2 Å². The molecule has 2 aromatic carbocycles. The first-order valence-corrected chi connectivity index (χ1v) is 7.94. The lowest BCUT2D eigenvalue weighted by Crippen LogP contribution is -2.27. The fraction of sp³-hybridized carbons (Fsp3) is 0.278. The Balaban J connectivity index is 1.59. The molecule has 1 aliphatic carbocycles. The van der Waals surface area contributed by atoms with Crippen molar-refractivity contribution < 1.29 is 14.3 Å². The van der Waals surface area contributed by atoms with Gasteiger partial charge in [-0.2, -0.15) is 0 Å². The number of aryl methyl sites for hydroxylation is 1. The normalized spacial score (nSPS) is 17.0. The van der Waals surface area contributed by atoms with Gasteiger partial charge in [-0.15, -0.1) is 0 Å². The Morgan fingerprint density at radius 2 is 1.91 bits per heavy atom. The summed E-state index contributed by atoms with van der Waals surface area (Å²) in [5.74, 6) is 1.44. The predicted molar refractivity (Wildman–Crippen MR) is 88.3 cm³/mol. The topological polar surface area (TPSA) is 47.6 Å². The first-order chi connectivity index (χ1) is 11.1. The summed E-state index contributed by atoms with van der Waals surface area (Å²) in [6.45, 7) is 2.17. The minimum absolute atomic E-state index is 0.00344. The summed E-state index contributed by atoms with van der Waals surface area (Å²) >= 11 is 6.13. The minimum atomic E-state index is -0.474. The molecule has 0 saturated heterocycles. The van der Waals surface area contributed by atoms with Crippen molar-refractivity contribution in [2.24, 2.45) is 0 Å². The van der Waals surface area contributed by atoms with Crippen LogP contribution in [-0.2, 0) is 10.2 Å². The lowest BCUT2D eigenvalue weighted by atomic mass is 9.94. The van der Waals surface area contributed by atoms with Crippen LogP contribution < -0.4 is 14.8 Å². The molecular formula is C18H16ClNO3. The highest BCUT2D eigenvalue weighted by Gasteiger charge is 2.51. The van der Waals surface area contributed by atoms with Gasteiger partial charge in [0.1, 0.15) is 0 Å². The van der Waals surface area contributed by atoms with E-state index in [2.05, 4.69) is 5.32 Å². The van der Waals surface area contributed by atoms with Gasteiger partial charge in [0.05, 0.1) is 5.41 Å². The molecule has 2 aromatic rings. The van der Waals surface area contributed by atoms with E-state index in [1.165, 1.54) is 0 Å². The number of ether oxygens (including phenoxy) is 2. The van der Waals surface area contributed by atoms with Crippen molar-refractivity contribution in [1.82, 2.24) is 0 Å². The van der Waals surface area contributed by atoms with E-state index in [1.54, 1.807) is 6.07 Å². The summed E-state index contributed by atoms with van der Waals surface area (Å²) in [4.78, 5) is 12.8. The third-order valence-electron chi connectivity index (χ3n) is 4.54. The molecule has 23 heavy (non-hydrogen) atoms. The Kier molecular flexibility index (Phi) is 3.23. The van der Waals surface area contributed by atoms with Gasteiger partial charge in [-0.3, -0.25) is 4.79 Å². The van der Waals surface area contributed by atoms with E-state index in [0.29, 0.717) is 10.8 Å². The number of carbonyl (C=O) groups is 1. The molecule has 1 aliphatic heterocycles. The van der Waals surface area contributed by atoms with E-state index in [4.69, 9.17) is 21.1 Å². The zero-order chi connectivity index (χ0) is 16.0. The average Bonchev–Trinajstić information content (AvgIpc) is 3.22. The van der Waals surface area contributed by atoms with Crippen LogP contribution in [0.25, 0.3) is 0 Å². The van der Waals surface area contributed by atoms with Crippen LogP contribution in [0.4, 0.5) is 5.69 Å². The monoisotopic (exact) mass is 329 g/mol. The second-order valence-corrected chi connectivity index (χ2v) is 6.48. The summed E-state index contributed by atoms with van der Waals surface area (Å²) < 4.78 is 10.7. The van der Waals surface area contributed by atoms with E-state index in [9.17, 15) is 4.79 Å². The smallest absolute Gasteiger partial charge is 0.235 e. The lowest BCUT2D eigenvalue weighted by molar-refractivity contribution is -0.118. The summed E-state index contributed by atoms with van der Waals surface area (Å²) in [6, 6.07) is 11.3. The molecular weight excluding hydrogens is 314 g/mol. The van der Waals surface area contributed by atoms with E-state index in [1.807, 2.05) is 37.3 Å². The number of nitrogens with one attached hydrogen (secondary N) is 1. The highest BCUT2D eigenvalue weighted by molar-refractivity contribution is 6.31. The predicted octanol–water partition coefficient (Wildman–Crippen LogP) is 4.05. The molecule has 1 saturated carbocycles. The molecule has 1 amide bonds. The van der Waals surface area contributed by atoms with Crippen LogP contribution in [-0.4, -0.2) is 12.7 Å². The Labute approximate surface area is 139 Å². The molecule has 2 aliphatic rings. The zero-order valence-electron chi connectivity index (χ0n) is 12.7. The quantitative estimate of drug-likeness (QED) is 0.924. The van der Waals surface area contributed by atoms with E-state index in [-0.39, 0.29) is 12.7 Å². The number of hydrogen-bond donors (Lipinski definition) is 1. The summed E-state index contributed by atoms with van der Waals surface area (Å²) in [7, 11) is 0. The van der Waals surface area contributed by atoms with Gasteiger partial charge in [0.2, 0.25) is 12.7 Å². The largest absolute Gasteiger partial charge is 0.454 e. The maximum Gasteiger partial charge on any atom is 0.235 e. The minimum Gasteiger partial charge on any atom is -0.454 e. The average molecular weight is 330 g/mol. The van der Waals surface area contributed by atoms with Crippen LogP contribution in [0.2, 0.25) is 5.02 Å². The molecule has 118 valence electrons. The van der Waals surface area contributed by atoms with Gasteiger partial charge in [0.25, 0.3) is 0 Å². The second kappa shape index (κ2) is 5.17. The number of anilines is 1. The first kappa shape index (κ1) is 14.4. The third-order valence-corrected chi connectivity index (χ3v) is 4.95. The van der Waals surface area contributed by atoms with Gasteiger partial charge < -0.3 is 14.8 Å². The van der Waals surface area contributed by atoms with Crippen LogP contribution in [0.3, 0.4) is 0 Å². The number of carbonyl (C=O) groups excluding carboxylic acids is 1. The Bertz CT molecular complexity index is 799. The molecule has 1 heterocycles. The van der Waals surface area contributed by atoms with E-state index < -0.39 is 5.41 Å². The molecule has 4 rings (SSSR count). The van der Waals surface area contributed by atoms with Crippen molar-refractivity contribution in [3.05, 3.63) is 52.5 Å². The SMILES string of the molecule is Cc1ccc(NC(=O)C2(c3ccc4c(c3)OCO4)CC2)cc1Cl. The Morgan fingerprint density at radius 3 is 2.65 bits per heavy atom. The van der Waals surface area contributed by atoms with E-state index in [0.717, 1.165) is 35.4 Å². The van der Waals surface area contributed by atoms with Gasteiger partial charge >= 0.3 is 0 Å². The molecule has 0 aromatic heterocycles. The lowest BCUT2D eigenvalue weighted by Gasteiger charge is -2.16. The fourth-order valence-corrected chi connectivity index (χ4v) is 3.07. The summed E-state index contributed by atoms with van der Waals surface area (Å²) in [5.41, 5.74) is 2.20. The van der Waals surface area contributed by atoms with Crippen LogP contribution >= 0.6 is 11.6 Å². The Hall–Kier alpha value is -2.20. The van der Waals surface area contributed by atoms with Gasteiger partial charge in [0.15, 0.2) is 11.5 Å². The van der Waals surface area contributed by atoms with Crippen LogP contribution in [0.15, 0.2) is 36.4 Å². The number of benzene rings is 2. The molecule has 0 atom stereocenters. The number of amides is 1. The highest BCUT2D eigenvalue weighted by Crippen LogP contribution is 2.51. The molecule has 1 fully saturated rings. The van der Waals surface area contributed by atoms with Crippen LogP contribution in [0.5, 0.6) is 11.5 Å². The molecule has 0 unspecified atom stereocenters. The van der Waals surface area contributed by atoms with Crippen molar-refractivity contribution >= 4 is 23.2 Å². The van der Waals surface area contributed by atoms with Gasteiger partial charge in [-0.25, -0.2) is 0 Å². The number of halogens is 1. The number of fused-ring (bicyclic) bond motifs is 1. The molecule has 4 nitrogen and oxygen atoms in total. The fourth-order valence-electron chi connectivity index (χ4n) is 2.89. The van der Waals surface area contributed by atoms with Gasteiger partial charge in [-0.05, 0) is 55.2 Å². The molecule has 1 N–H and O–H groups in total. The first-order valence-electron chi connectivity index (χ1n) is 7.56. The molecule has 0 spiro atoms. The van der Waals surface area contributed by atoms with Crippen LogP contribution in [0.1, 0.15) is 24.0 Å². The van der Waals surface area contributed by atoms with Crippen molar-refractivity contribution in [1.29, 1.82) is 0 Å². The van der Waals surface area contributed by atoms with Crippen molar-refractivity contribution in [3.63, 3.8) is 0 Å². The summed E-state index contributed by atoms with van der Waals surface area (Å²) in [5, 5.41) is 3.63. The maximum atomic E-state index is 12.8. The number of hydrogen-bond acceptors (Lipinski definition) is 3. The van der Waals surface area contributed by atoms with Crippen molar-refractivity contribution in [2.75, 3.05) is 12.1 Å². The zero-order valence-corrected chi connectivity index (χ0v) is 13.4. The van der Waals surface area contributed by atoms with Gasteiger partial charge in [0, 0.05) is 10.7 Å². The van der Waals surface area contributed by atoms with Gasteiger partial charge in [-0.1, -0.05) is 23.7 Å². The number of rotatable bonds is 3. The highest BCUT2D eigenvalue weighted by atomic mass is 35.5. The third kappa shape index (κ3) is 2.43. The summed E-state index contributed by atoms with van der Waals surface area (Å²) in [6.07, 6.45) is 1.66. The standard InChI is InChI=1S/C18H16ClNO3/c1-11-2-4-13(9-14(11)19)20-17(21)18(6-7-18)12-3-5-15-16(8-12)23-10-22-15/h2-5,8-9H,6-7,10H2,1H3,(H,20,21). The molecule has 5 heteroatoms. The van der Waals surface area contributed by atoms with Crippen LogP contribution in [0, 0.1) is 6.92 Å². The molecule has 0 radical (unpaired) electrons. The maximum absolute atomic E-state index is 12.8.